The van der Waals surface area contributed by atoms with Gasteiger partial charge in [0.1, 0.15) is 5.25 Å². The van der Waals surface area contributed by atoms with E-state index in [0.29, 0.717) is 12.0 Å². The normalized spacial score (nSPS) is 12.1. The molecule has 0 amide bonds. The number of ether oxygens (including phenoxy) is 1. The Morgan fingerprint density at radius 2 is 1.92 bits per heavy atom. The fourth-order valence-corrected chi connectivity index (χ4v) is 4.77. The van der Waals surface area contributed by atoms with Crippen molar-refractivity contribution in [3.8, 4) is 0 Å². The molecule has 0 spiro atoms. The second-order valence-corrected chi connectivity index (χ2v) is 8.90. The van der Waals surface area contributed by atoms with Gasteiger partial charge in [0.15, 0.2) is 16.7 Å². The van der Waals surface area contributed by atoms with Crippen molar-refractivity contribution in [2.75, 3.05) is 6.61 Å². The van der Waals surface area contributed by atoms with Crippen molar-refractivity contribution < 1.29 is 14.3 Å². The number of para-hydroxylation sites is 1. The third-order valence-electron chi connectivity index (χ3n) is 3.66. The second kappa shape index (κ2) is 8.79. The van der Waals surface area contributed by atoms with Crippen LogP contribution in [0.4, 0.5) is 0 Å². The topological polar surface area (TPSA) is 56.3 Å². The molecule has 4 nitrogen and oxygen atoms in total. The zero-order valence-corrected chi connectivity index (χ0v) is 17.2. The van der Waals surface area contributed by atoms with E-state index in [1.807, 2.05) is 31.2 Å². The monoisotopic (exact) mass is 449 g/mol. The lowest BCUT2D eigenvalue weighted by atomic mass is 10.1. The van der Waals surface area contributed by atoms with Crippen molar-refractivity contribution in [3.63, 3.8) is 0 Å². The SMILES string of the molecule is CC[C@@H](Sc1nc2ccccc2s1)C(=O)OCC(=O)c1ccc(Br)cc1. The molecule has 7 heteroatoms. The maximum absolute atomic E-state index is 12.4. The lowest BCUT2D eigenvalue weighted by Gasteiger charge is -2.12. The summed E-state index contributed by atoms with van der Waals surface area (Å²) >= 11 is 6.27. The molecule has 3 aromatic rings. The molecule has 0 unspecified atom stereocenters. The summed E-state index contributed by atoms with van der Waals surface area (Å²) < 4.78 is 8.05. The first-order valence-electron chi connectivity index (χ1n) is 8.04. The van der Waals surface area contributed by atoms with Gasteiger partial charge in [0, 0.05) is 10.0 Å². The van der Waals surface area contributed by atoms with Gasteiger partial charge in [0.05, 0.1) is 10.2 Å². The van der Waals surface area contributed by atoms with Crippen LogP contribution in [0.15, 0.2) is 57.3 Å². The average molecular weight is 450 g/mol. The van der Waals surface area contributed by atoms with Gasteiger partial charge in [0.2, 0.25) is 0 Å². The van der Waals surface area contributed by atoms with Crippen molar-refractivity contribution in [2.45, 2.75) is 22.9 Å². The highest BCUT2D eigenvalue weighted by molar-refractivity contribution is 9.10. The van der Waals surface area contributed by atoms with Crippen LogP contribution in [0.1, 0.15) is 23.7 Å². The largest absolute Gasteiger partial charge is 0.456 e. The summed E-state index contributed by atoms with van der Waals surface area (Å²) in [5.41, 5.74) is 1.45. The molecule has 0 aliphatic rings. The molecule has 0 saturated carbocycles. The van der Waals surface area contributed by atoms with Crippen LogP contribution in [0, 0.1) is 0 Å². The van der Waals surface area contributed by atoms with Crippen LogP contribution in [-0.2, 0) is 9.53 Å². The van der Waals surface area contributed by atoms with Crippen molar-refractivity contribution >= 4 is 61.0 Å². The summed E-state index contributed by atoms with van der Waals surface area (Å²) in [6, 6.07) is 14.8. The van der Waals surface area contributed by atoms with Crippen molar-refractivity contribution in [2.24, 2.45) is 0 Å². The van der Waals surface area contributed by atoms with E-state index in [0.717, 1.165) is 19.0 Å². The molecular weight excluding hydrogens is 434 g/mol. The number of hydrogen-bond acceptors (Lipinski definition) is 6. The number of carbonyl (C=O) groups is 2. The molecule has 0 aliphatic carbocycles. The predicted molar refractivity (Wildman–Crippen MR) is 109 cm³/mol. The van der Waals surface area contributed by atoms with Gasteiger partial charge in [-0.2, -0.15) is 0 Å². The Morgan fingerprint density at radius 1 is 1.19 bits per heavy atom. The van der Waals surface area contributed by atoms with Crippen LogP contribution >= 0.6 is 39.0 Å². The van der Waals surface area contributed by atoms with E-state index in [1.165, 1.54) is 11.8 Å². The minimum Gasteiger partial charge on any atom is -0.456 e. The average Bonchev–Trinajstić information content (AvgIpc) is 3.07. The molecule has 0 bridgehead atoms. The zero-order chi connectivity index (χ0) is 18.5. The summed E-state index contributed by atoms with van der Waals surface area (Å²) in [4.78, 5) is 29.0. The van der Waals surface area contributed by atoms with E-state index in [9.17, 15) is 9.59 Å². The molecule has 1 atom stereocenters. The molecule has 0 saturated heterocycles. The molecule has 1 heterocycles. The lowest BCUT2D eigenvalue weighted by molar-refractivity contribution is -0.141. The van der Waals surface area contributed by atoms with Gasteiger partial charge in [-0.3, -0.25) is 9.59 Å². The van der Waals surface area contributed by atoms with Gasteiger partial charge in [-0.25, -0.2) is 4.98 Å². The first-order valence-corrected chi connectivity index (χ1v) is 10.5. The van der Waals surface area contributed by atoms with Crippen LogP contribution in [0.25, 0.3) is 10.2 Å². The van der Waals surface area contributed by atoms with E-state index < -0.39 is 0 Å². The molecule has 3 rings (SSSR count). The van der Waals surface area contributed by atoms with Crippen LogP contribution in [-0.4, -0.2) is 28.6 Å². The number of halogens is 1. The van der Waals surface area contributed by atoms with E-state index >= 15 is 0 Å². The third-order valence-corrected chi connectivity index (χ3v) is 6.66. The zero-order valence-electron chi connectivity index (χ0n) is 14.0. The Balaban J connectivity index is 1.59. The molecular formula is C19H16BrNO3S2. The number of aromatic nitrogens is 1. The van der Waals surface area contributed by atoms with Crippen molar-refractivity contribution in [3.05, 3.63) is 58.6 Å². The summed E-state index contributed by atoms with van der Waals surface area (Å²) in [7, 11) is 0. The first-order chi connectivity index (χ1) is 12.6. The lowest BCUT2D eigenvalue weighted by Crippen LogP contribution is -2.23. The summed E-state index contributed by atoms with van der Waals surface area (Å²) in [6.45, 7) is 1.67. The fourth-order valence-electron chi connectivity index (χ4n) is 2.27. The van der Waals surface area contributed by atoms with E-state index in [-0.39, 0.29) is 23.6 Å². The standard InChI is InChI=1S/C19H16BrNO3S2/c1-2-16(25-19-21-14-5-3-4-6-17(14)26-19)18(23)24-11-15(22)12-7-9-13(20)10-8-12/h3-10,16H,2,11H2,1H3/t16-/m1/s1. The maximum atomic E-state index is 12.4. The highest BCUT2D eigenvalue weighted by Crippen LogP contribution is 2.33. The summed E-state index contributed by atoms with van der Waals surface area (Å²) in [6.07, 6.45) is 0.603. The third kappa shape index (κ3) is 4.72. The quantitative estimate of drug-likeness (QED) is 0.276. The summed E-state index contributed by atoms with van der Waals surface area (Å²) in [5.74, 6) is -0.604. The predicted octanol–water partition coefficient (Wildman–Crippen LogP) is 5.36. The highest BCUT2D eigenvalue weighted by Gasteiger charge is 2.22. The highest BCUT2D eigenvalue weighted by atomic mass is 79.9. The van der Waals surface area contributed by atoms with Gasteiger partial charge in [0.25, 0.3) is 0 Å². The van der Waals surface area contributed by atoms with Crippen LogP contribution in [0.3, 0.4) is 0 Å². The van der Waals surface area contributed by atoms with E-state index in [2.05, 4.69) is 20.9 Å². The van der Waals surface area contributed by atoms with Gasteiger partial charge in [-0.05, 0) is 30.7 Å². The van der Waals surface area contributed by atoms with Crippen molar-refractivity contribution in [1.82, 2.24) is 4.98 Å². The number of ketones is 1. The molecule has 0 N–H and O–H groups in total. The molecule has 134 valence electrons. The van der Waals surface area contributed by atoms with E-state index in [4.69, 9.17) is 4.74 Å². The number of carbonyl (C=O) groups excluding carboxylic acids is 2. The molecule has 0 radical (unpaired) electrons. The van der Waals surface area contributed by atoms with Crippen LogP contribution in [0.5, 0.6) is 0 Å². The number of nitrogens with zero attached hydrogens (tertiary/aromatic N) is 1. The number of thiazole rings is 1. The number of hydrogen-bond donors (Lipinski definition) is 0. The van der Waals surface area contributed by atoms with Crippen LogP contribution < -0.4 is 0 Å². The number of benzene rings is 2. The number of thioether (sulfide) groups is 1. The molecule has 26 heavy (non-hydrogen) atoms. The van der Waals surface area contributed by atoms with Crippen LogP contribution in [0.2, 0.25) is 0 Å². The number of Topliss-reactive ketones (excluding diaryl/α,β-unsaturated/α-hetero) is 1. The van der Waals surface area contributed by atoms with Gasteiger partial charge in [-0.15, -0.1) is 11.3 Å². The van der Waals surface area contributed by atoms with Crippen molar-refractivity contribution in [1.29, 1.82) is 0 Å². The number of rotatable bonds is 7. The smallest absolute Gasteiger partial charge is 0.319 e. The Morgan fingerprint density at radius 3 is 2.62 bits per heavy atom. The second-order valence-electron chi connectivity index (χ2n) is 5.50. The number of esters is 1. The Kier molecular flexibility index (Phi) is 6.45. The molecule has 1 aromatic heterocycles. The molecule has 0 fully saturated rings. The molecule has 0 aliphatic heterocycles. The van der Waals surface area contributed by atoms with Gasteiger partial charge in [-0.1, -0.05) is 58.9 Å². The Hall–Kier alpha value is -1.70. The Labute approximate surface area is 168 Å². The summed E-state index contributed by atoms with van der Waals surface area (Å²) in [5, 5.41) is -0.381. The maximum Gasteiger partial charge on any atom is 0.319 e. The van der Waals surface area contributed by atoms with Gasteiger partial charge < -0.3 is 4.74 Å². The minimum absolute atomic E-state index is 0.217. The van der Waals surface area contributed by atoms with Gasteiger partial charge >= 0.3 is 5.97 Å². The Bertz CT molecular complexity index is 891. The van der Waals surface area contributed by atoms with E-state index in [1.54, 1.807) is 35.6 Å². The first kappa shape index (κ1) is 19.1. The molecule has 2 aromatic carbocycles. The number of fused-ring (bicyclic) bond motifs is 1. The minimum atomic E-state index is -0.387. The fraction of sp³-hybridized carbons (Fsp3) is 0.211.